The monoisotopic (exact) mass is 327 g/mol. The molecule has 2 rings (SSSR count). The van der Waals surface area contributed by atoms with Crippen LogP contribution in [0.25, 0.3) is 0 Å². The molecule has 0 aliphatic heterocycles. The standard InChI is InChI=1S/C14H18ClN3O2S/c1-17-8-7-16-14(17)10-18(2)21(19,20)11-13-5-3-12(9-15)4-6-13/h3-8H,9-11H2,1-2H3. The summed E-state index contributed by atoms with van der Waals surface area (Å²) in [6, 6.07) is 7.28. The first-order valence-electron chi connectivity index (χ1n) is 6.46. The maximum atomic E-state index is 12.4. The van der Waals surface area contributed by atoms with Crippen LogP contribution in [0, 0.1) is 0 Å². The van der Waals surface area contributed by atoms with Gasteiger partial charge >= 0.3 is 0 Å². The molecule has 5 nitrogen and oxygen atoms in total. The Hall–Kier alpha value is -1.37. The second kappa shape index (κ2) is 6.60. The van der Waals surface area contributed by atoms with Gasteiger partial charge in [-0.05, 0) is 11.1 Å². The Morgan fingerprint density at radius 3 is 2.38 bits per heavy atom. The number of nitrogens with zero attached hydrogens (tertiary/aromatic N) is 3. The molecule has 0 saturated heterocycles. The minimum absolute atomic E-state index is 0.0313. The van der Waals surface area contributed by atoms with Gasteiger partial charge in [0.15, 0.2) is 0 Å². The zero-order valence-electron chi connectivity index (χ0n) is 12.0. The Labute approximate surface area is 130 Å². The highest BCUT2D eigenvalue weighted by Gasteiger charge is 2.20. The Morgan fingerprint density at radius 2 is 1.86 bits per heavy atom. The highest BCUT2D eigenvalue weighted by molar-refractivity contribution is 7.88. The van der Waals surface area contributed by atoms with Gasteiger partial charge in [-0.25, -0.2) is 13.4 Å². The number of aryl methyl sites for hydroxylation is 1. The maximum Gasteiger partial charge on any atom is 0.218 e. The molecule has 7 heteroatoms. The summed E-state index contributed by atoms with van der Waals surface area (Å²) in [4.78, 5) is 4.14. The molecular weight excluding hydrogens is 310 g/mol. The zero-order valence-corrected chi connectivity index (χ0v) is 13.6. The molecule has 0 amide bonds. The van der Waals surface area contributed by atoms with Crippen LogP contribution in [-0.4, -0.2) is 29.3 Å². The molecule has 0 radical (unpaired) electrons. The first-order chi connectivity index (χ1) is 9.92. The van der Waals surface area contributed by atoms with Gasteiger partial charge in [-0.1, -0.05) is 24.3 Å². The molecular formula is C14H18ClN3O2S. The number of hydrogen-bond donors (Lipinski definition) is 0. The summed E-state index contributed by atoms with van der Waals surface area (Å²) in [7, 11) is 0.0288. The Morgan fingerprint density at radius 1 is 1.24 bits per heavy atom. The van der Waals surface area contributed by atoms with E-state index in [1.165, 1.54) is 4.31 Å². The summed E-state index contributed by atoms with van der Waals surface area (Å²) in [5.41, 5.74) is 1.72. The molecule has 2 aromatic rings. The maximum absolute atomic E-state index is 12.4. The zero-order chi connectivity index (χ0) is 15.5. The summed E-state index contributed by atoms with van der Waals surface area (Å²) in [6.45, 7) is 0.256. The largest absolute Gasteiger partial charge is 0.337 e. The van der Waals surface area contributed by atoms with Crippen molar-refractivity contribution in [3.05, 3.63) is 53.6 Å². The minimum Gasteiger partial charge on any atom is -0.337 e. The Bertz CT molecular complexity index is 695. The van der Waals surface area contributed by atoms with Gasteiger partial charge in [0, 0.05) is 32.4 Å². The van der Waals surface area contributed by atoms with Gasteiger partial charge in [0.1, 0.15) is 5.82 Å². The third kappa shape index (κ3) is 4.06. The van der Waals surface area contributed by atoms with Crippen LogP contribution in [0.3, 0.4) is 0 Å². The van der Waals surface area contributed by atoms with E-state index < -0.39 is 10.0 Å². The molecule has 114 valence electrons. The molecule has 0 aliphatic carbocycles. The summed E-state index contributed by atoms with van der Waals surface area (Å²) in [5.74, 6) is 1.10. The summed E-state index contributed by atoms with van der Waals surface area (Å²) < 4.78 is 27.8. The molecule has 0 atom stereocenters. The lowest BCUT2D eigenvalue weighted by molar-refractivity contribution is 0.450. The van der Waals surface area contributed by atoms with E-state index in [1.54, 1.807) is 36.1 Å². The van der Waals surface area contributed by atoms with E-state index in [0.29, 0.717) is 11.7 Å². The predicted octanol–water partition coefficient (Wildman–Crippen LogP) is 2.12. The van der Waals surface area contributed by atoms with Gasteiger partial charge in [0.2, 0.25) is 10.0 Å². The first kappa shape index (κ1) is 16.0. The van der Waals surface area contributed by atoms with Crippen LogP contribution in [0.1, 0.15) is 17.0 Å². The van der Waals surface area contributed by atoms with E-state index in [-0.39, 0.29) is 12.3 Å². The average molecular weight is 328 g/mol. The highest BCUT2D eigenvalue weighted by atomic mass is 35.5. The van der Waals surface area contributed by atoms with E-state index in [1.807, 2.05) is 19.2 Å². The lowest BCUT2D eigenvalue weighted by atomic mass is 10.2. The highest BCUT2D eigenvalue weighted by Crippen LogP contribution is 2.14. The van der Waals surface area contributed by atoms with Gasteiger partial charge in [0.25, 0.3) is 0 Å². The van der Waals surface area contributed by atoms with Gasteiger partial charge in [0.05, 0.1) is 12.3 Å². The van der Waals surface area contributed by atoms with E-state index >= 15 is 0 Å². The number of alkyl halides is 1. The third-order valence-corrected chi connectivity index (χ3v) is 5.37. The lowest BCUT2D eigenvalue weighted by Crippen LogP contribution is -2.28. The predicted molar refractivity (Wildman–Crippen MR) is 83.3 cm³/mol. The lowest BCUT2D eigenvalue weighted by Gasteiger charge is -2.17. The van der Waals surface area contributed by atoms with Gasteiger partial charge < -0.3 is 4.57 Å². The van der Waals surface area contributed by atoms with Crippen LogP contribution in [-0.2, 0) is 35.2 Å². The minimum atomic E-state index is -3.38. The Kier molecular flexibility index (Phi) is 5.03. The van der Waals surface area contributed by atoms with Crippen molar-refractivity contribution in [3.8, 4) is 0 Å². The molecule has 1 aromatic carbocycles. The Balaban J connectivity index is 2.08. The van der Waals surface area contributed by atoms with Crippen molar-refractivity contribution in [2.24, 2.45) is 7.05 Å². The van der Waals surface area contributed by atoms with E-state index in [9.17, 15) is 8.42 Å². The van der Waals surface area contributed by atoms with Crippen LogP contribution in [0.5, 0.6) is 0 Å². The number of halogens is 1. The van der Waals surface area contributed by atoms with Crippen molar-refractivity contribution in [1.82, 2.24) is 13.9 Å². The van der Waals surface area contributed by atoms with Gasteiger partial charge in [-0.2, -0.15) is 4.31 Å². The van der Waals surface area contributed by atoms with E-state index in [2.05, 4.69) is 4.98 Å². The molecule has 0 aliphatic rings. The van der Waals surface area contributed by atoms with Crippen molar-refractivity contribution in [2.75, 3.05) is 7.05 Å². The van der Waals surface area contributed by atoms with Crippen LogP contribution in [0.15, 0.2) is 36.7 Å². The average Bonchev–Trinajstić information content (AvgIpc) is 2.85. The third-order valence-electron chi connectivity index (χ3n) is 3.29. The van der Waals surface area contributed by atoms with Crippen molar-refractivity contribution >= 4 is 21.6 Å². The first-order valence-corrected chi connectivity index (χ1v) is 8.61. The van der Waals surface area contributed by atoms with Crippen molar-refractivity contribution in [3.63, 3.8) is 0 Å². The fourth-order valence-electron chi connectivity index (χ4n) is 1.89. The van der Waals surface area contributed by atoms with Crippen LogP contribution >= 0.6 is 11.6 Å². The van der Waals surface area contributed by atoms with E-state index in [0.717, 1.165) is 11.1 Å². The van der Waals surface area contributed by atoms with E-state index in [4.69, 9.17) is 11.6 Å². The molecule has 0 N–H and O–H groups in total. The normalized spacial score (nSPS) is 12.0. The number of rotatable bonds is 6. The number of hydrogen-bond acceptors (Lipinski definition) is 3. The smallest absolute Gasteiger partial charge is 0.218 e. The molecule has 0 unspecified atom stereocenters. The number of sulfonamides is 1. The SMILES string of the molecule is CN(Cc1nccn1C)S(=O)(=O)Cc1ccc(CCl)cc1. The quantitative estimate of drug-likeness (QED) is 0.764. The van der Waals surface area contributed by atoms with Gasteiger partial charge in [-0.15, -0.1) is 11.6 Å². The fraction of sp³-hybridized carbons (Fsp3) is 0.357. The summed E-state index contributed by atoms with van der Waals surface area (Å²) in [6.07, 6.45) is 3.45. The molecule has 0 saturated carbocycles. The molecule has 0 fully saturated rings. The van der Waals surface area contributed by atoms with Crippen molar-refractivity contribution in [1.29, 1.82) is 0 Å². The van der Waals surface area contributed by atoms with Gasteiger partial charge in [-0.3, -0.25) is 0 Å². The summed E-state index contributed by atoms with van der Waals surface area (Å²) >= 11 is 5.72. The number of imidazole rings is 1. The molecule has 0 spiro atoms. The molecule has 0 bridgehead atoms. The molecule has 21 heavy (non-hydrogen) atoms. The van der Waals surface area contributed by atoms with Crippen LogP contribution in [0.2, 0.25) is 0 Å². The second-order valence-corrected chi connectivity index (χ2v) is 7.26. The number of benzene rings is 1. The van der Waals surface area contributed by atoms with Crippen molar-refractivity contribution in [2.45, 2.75) is 18.2 Å². The molecule has 1 heterocycles. The fourth-order valence-corrected chi connectivity index (χ4v) is 3.22. The topological polar surface area (TPSA) is 55.2 Å². The van der Waals surface area contributed by atoms with Crippen molar-refractivity contribution < 1.29 is 8.42 Å². The molecule has 1 aromatic heterocycles. The van der Waals surface area contributed by atoms with Crippen LogP contribution in [0.4, 0.5) is 0 Å². The van der Waals surface area contributed by atoms with Crippen LogP contribution < -0.4 is 0 Å². The summed E-state index contributed by atoms with van der Waals surface area (Å²) in [5, 5.41) is 0. The number of aromatic nitrogens is 2. The second-order valence-electron chi connectivity index (χ2n) is 4.92.